The van der Waals surface area contributed by atoms with Crippen molar-refractivity contribution in [3.05, 3.63) is 85.1 Å². The topological polar surface area (TPSA) is 303 Å². The molecule has 0 aromatic heterocycles. The Balaban J connectivity index is 1.86. The van der Waals surface area contributed by atoms with Gasteiger partial charge in [0.05, 0.1) is 79.5 Å². The summed E-state index contributed by atoms with van der Waals surface area (Å²) in [5, 5.41) is 103. The number of esters is 1. The molecule has 0 spiro atoms. The number of nitrogens with one attached hydrogen (secondary N) is 2. The van der Waals surface area contributed by atoms with Crippen molar-refractivity contribution in [2.24, 2.45) is 17.6 Å². The van der Waals surface area contributed by atoms with Crippen LogP contribution < -0.4 is 16.4 Å². The molecule has 3 aliphatic heterocycles. The lowest BCUT2D eigenvalue weighted by atomic mass is 9.89. The molecule has 2 amide bonds. The maximum Gasteiger partial charge on any atom is 0.314 e. The van der Waals surface area contributed by atoms with Crippen LogP contribution in [0.15, 0.2) is 85.1 Å². The molecule has 5 unspecified atom stereocenters. The van der Waals surface area contributed by atoms with Gasteiger partial charge in [0, 0.05) is 44.6 Å². The van der Waals surface area contributed by atoms with Crippen LogP contribution in [0, 0.1) is 11.8 Å². The van der Waals surface area contributed by atoms with E-state index in [-0.39, 0.29) is 57.3 Å². The lowest BCUT2D eigenvalue weighted by Crippen LogP contribution is -2.61. The van der Waals surface area contributed by atoms with E-state index >= 15 is 0 Å². The summed E-state index contributed by atoms with van der Waals surface area (Å²) in [4.78, 5) is 25.2. The summed E-state index contributed by atoms with van der Waals surface area (Å²) in [6.07, 6.45) is 9.14. The molecular formula is C48H77N3O15. The van der Waals surface area contributed by atoms with Gasteiger partial charge in [-0.25, -0.2) is 4.79 Å². The smallest absolute Gasteiger partial charge is 0.314 e. The van der Waals surface area contributed by atoms with Crippen molar-refractivity contribution in [3.8, 4) is 0 Å². The molecule has 3 aliphatic rings. The molecule has 18 atom stereocenters. The van der Waals surface area contributed by atoms with Crippen LogP contribution >= 0.6 is 0 Å². The van der Waals surface area contributed by atoms with E-state index in [9.17, 15) is 55.5 Å². The fourth-order valence-corrected chi connectivity index (χ4v) is 7.97. The van der Waals surface area contributed by atoms with Crippen LogP contribution in [0.2, 0.25) is 0 Å². The summed E-state index contributed by atoms with van der Waals surface area (Å²) >= 11 is 0. The van der Waals surface area contributed by atoms with Crippen molar-refractivity contribution in [2.45, 2.75) is 183 Å². The molecular weight excluding hydrogens is 859 g/mol. The Kier molecular flexibility index (Phi) is 24.6. The molecule has 374 valence electrons. The first-order chi connectivity index (χ1) is 31.2. The van der Waals surface area contributed by atoms with Gasteiger partial charge in [0.1, 0.15) is 12.2 Å². The molecule has 0 saturated carbocycles. The maximum atomic E-state index is 12.6. The van der Waals surface area contributed by atoms with Gasteiger partial charge < -0.3 is 81.3 Å². The molecule has 0 aromatic rings. The Morgan fingerprint density at radius 2 is 1.30 bits per heavy atom. The first kappa shape index (κ1) is 56.7. The van der Waals surface area contributed by atoms with E-state index in [0.29, 0.717) is 0 Å². The number of aliphatic hydroxyl groups excluding tert-OH is 8. The lowest BCUT2D eigenvalue weighted by molar-refractivity contribution is -0.292. The Morgan fingerprint density at radius 3 is 1.91 bits per heavy atom. The zero-order chi connectivity index (χ0) is 49.0. The number of fused-ring (bicyclic) bond motifs is 2. The maximum absolute atomic E-state index is 12.6. The summed E-state index contributed by atoms with van der Waals surface area (Å²) in [6.45, 7) is 6.85. The highest BCUT2D eigenvalue weighted by atomic mass is 16.7. The van der Waals surface area contributed by atoms with Crippen LogP contribution in [-0.2, 0) is 23.7 Å². The number of aliphatic hydroxyl groups is 9. The first-order valence-electron chi connectivity index (χ1n) is 23.0. The van der Waals surface area contributed by atoms with Gasteiger partial charge in [-0.1, -0.05) is 98.9 Å². The van der Waals surface area contributed by atoms with Crippen LogP contribution in [0.4, 0.5) is 4.79 Å². The number of nitrogens with two attached hydrogens (primary N) is 1. The highest BCUT2D eigenvalue weighted by molar-refractivity contribution is 5.73. The standard InChI is InChI=1S/C48H77N3O15/c1-29-18-16-14-12-10-8-6-7-9-11-13-15-17-19-36(65-46-45(60)42(49)44(59)32(4)64-46)27-40-37(51-47(61)50-5)22-23-48(62,66-40)28-35(54)25-39(56)38(55)21-20-33(52)24-34(53)26-41(57)63-31(3)30(2)43(29)58/h6-19,29-40,42-46,52-56,58-60,62H,20-28,49H2,1-5H3,(H2,50,51,61)/b7-6+,10-8+,11-9+,14-12+,15-13+,18-16+,19-17+/t29-,30-,31-,32?,33+,34+,35-,36-,37+,38+,39+,40-,42?,43+,44?,45?,46?,48-/m0/s1. The number of urea groups is 1. The van der Waals surface area contributed by atoms with Crippen molar-refractivity contribution in [1.82, 2.24) is 10.6 Å². The lowest BCUT2D eigenvalue weighted by Gasteiger charge is -2.44. The van der Waals surface area contributed by atoms with E-state index in [4.69, 9.17) is 24.7 Å². The van der Waals surface area contributed by atoms with E-state index in [1.807, 2.05) is 61.6 Å². The summed E-state index contributed by atoms with van der Waals surface area (Å²) in [5.74, 6) is -3.36. The third-order valence-corrected chi connectivity index (χ3v) is 12.2. The third-order valence-electron chi connectivity index (χ3n) is 12.2. The summed E-state index contributed by atoms with van der Waals surface area (Å²) < 4.78 is 23.7. The number of hydrogen-bond acceptors (Lipinski definition) is 16. The predicted molar refractivity (Wildman–Crippen MR) is 246 cm³/mol. The molecule has 0 aromatic carbocycles. The fraction of sp³-hybridized carbons (Fsp3) is 0.667. The summed E-state index contributed by atoms with van der Waals surface area (Å²) in [7, 11) is 1.45. The van der Waals surface area contributed by atoms with Crippen molar-refractivity contribution in [3.63, 3.8) is 0 Å². The van der Waals surface area contributed by atoms with Gasteiger partial charge in [0.15, 0.2) is 12.1 Å². The third kappa shape index (κ3) is 19.6. The molecule has 18 heteroatoms. The molecule has 2 saturated heterocycles. The number of allylic oxidation sites excluding steroid dienone is 12. The van der Waals surface area contributed by atoms with Crippen LogP contribution in [0.3, 0.4) is 0 Å². The number of hydrogen-bond donors (Lipinski definition) is 12. The van der Waals surface area contributed by atoms with Crippen molar-refractivity contribution >= 4 is 12.0 Å². The van der Waals surface area contributed by atoms with Gasteiger partial charge in [-0.05, 0) is 39.5 Å². The van der Waals surface area contributed by atoms with E-state index in [1.165, 1.54) is 7.05 Å². The second kappa shape index (κ2) is 28.7. The highest BCUT2D eigenvalue weighted by Crippen LogP contribution is 2.35. The van der Waals surface area contributed by atoms with E-state index in [1.54, 1.807) is 51.2 Å². The predicted octanol–water partition coefficient (Wildman–Crippen LogP) is 1.34. The van der Waals surface area contributed by atoms with Crippen LogP contribution in [0.1, 0.15) is 85.5 Å². The van der Waals surface area contributed by atoms with E-state index < -0.39 is 122 Å². The minimum atomic E-state index is -1.95. The molecule has 0 radical (unpaired) electrons. The fourth-order valence-electron chi connectivity index (χ4n) is 7.97. The van der Waals surface area contributed by atoms with E-state index in [0.717, 1.165) is 0 Å². The largest absolute Gasteiger partial charge is 0.462 e. The quantitative estimate of drug-likeness (QED) is 0.178. The molecule has 3 heterocycles. The number of carbonyl (C=O) groups excluding carboxylic acids is 2. The summed E-state index contributed by atoms with van der Waals surface area (Å²) in [5.41, 5.74) is 6.09. The second-order valence-corrected chi connectivity index (χ2v) is 17.8. The van der Waals surface area contributed by atoms with Crippen LogP contribution in [0.5, 0.6) is 0 Å². The molecule has 13 N–H and O–H groups in total. The number of amides is 2. The van der Waals surface area contributed by atoms with Crippen LogP contribution in [-0.4, -0.2) is 162 Å². The zero-order valence-electron chi connectivity index (χ0n) is 38.8. The number of carbonyl (C=O) groups is 2. The minimum absolute atomic E-state index is 0.00976. The second-order valence-electron chi connectivity index (χ2n) is 17.8. The van der Waals surface area contributed by atoms with Crippen molar-refractivity contribution < 1.29 is 74.5 Å². The van der Waals surface area contributed by atoms with Gasteiger partial charge in [-0.3, -0.25) is 4.79 Å². The minimum Gasteiger partial charge on any atom is -0.462 e. The molecule has 0 aliphatic carbocycles. The Hall–Kier alpha value is -3.60. The van der Waals surface area contributed by atoms with Crippen LogP contribution in [0.25, 0.3) is 0 Å². The van der Waals surface area contributed by atoms with Gasteiger partial charge in [-0.2, -0.15) is 0 Å². The normalized spacial score (nSPS) is 43.7. The zero-order valence-corrected chi connectivity index (χ0v) is 38.8. The average molecular weight is 936 g/mol. The molecule has 2 bridgehead atoms. The number of cyclic esters (lactones) is 1. The molecule has 3 rings (SSSR count). The monoisotopic (exact) mass is 936 g/mol. The SMILES string of the molecule is CNC(=O)N[C@@H]1CC[C@@]2(O)C[C@@H](O)C[C@@H](O)[C@H](O)CC[C@@H](O)C[C@@H](O)CC(=O)O[C@@H](C)[C@H](C)[C@H](O)[C@@H](C)/C=C/C=C/C=C/C=C/C=C/C=C/C=C/[C@H](OC3OC(C)C(O)C(N)C3O)C[C@@H]1O2. The van der Waals surface area contributed by atoms with Gasteiger partial charge in [0.25, 0.3) is 0 Å². The Bertz CT molecular complexity index is 1670. The number of rotatable bonds is 3. The Morgan fingerprint density at radius 1 is 0.712 bits per heavy atom. The Labute approximate surface area is 388 Å². The molecule has 66 heavy (non-hydrogen) atoms. The van der Waals surface area contributed by atoms with Crippen molar-refractivity contribution in [2.75, 3.05) is 7.05 Å². The first-order valence-corrected chi connectivity index (χ1v) is 23.0. The molecule has 2 fully saturated rings. The summed E-state index contributed by atoms with van der Waals surface area (Å²) in [6, 6.07) is -2.24. The van der Waals surface area contributed by atoms with Gasteiger partial charge >= 0.3 is 12.0 Å². The van der Waals surface area contributed by atoms with Crippen molar-refractivity contribution in [1.29, 1.82) is 0 Å². The average Bonchev–Trinajstić information content (AvgIpc) is 3.26. The van der Waals surface area contributed by atoms with E-state index in [2.05, 4.69) is 10.6 Å². The number of ether oxygens (including phenoxy) is 4. The highest BCUT2D eigenvalue weighted by Gasteiger charge is 2.46. The van der Waals surface area contributed by atoms with Gasteiger partial charge in [-0.15, -0.1) is 0 Å². The van der Waals surface area contributed by atoms with Gasteiger partial charge in [0.2, 0.25) is 0 Å². The molecule has 18 nitrogen and oxygen atoms in total.